The van der Waals surface area contributed by atoms with Gasteiger partial charge in [0.2, 0.25) is 11.8 Å². The van der Waals surface area contributed by atoms with Crippen molar-refractivity contribution in [1.29, 1.82) is 0 Å². The van der Waals surface area contributed by atoms with Crippen LogP contribution < -0.4 is 0 Å². The van der Waals surface area contributed by atoms with Crippen molar-refractivity contribution >= 4 is 20.6 Å². The van der Waals surface area contributed by atoms with Gasteiger partial charge in [0.25, 0.3) is 0 Å². The summed E-state index contributed by atoms with van der Waals surface area (Å²) in [5.74, 6) is -0.163. The molecule has 30 heavy (non-hydrogen) atoms. The molecule has 0 unspecified atom stereocenters. The minimum atomic E-state index is -2.72. The van der Waals surface area contributed by atoms with E-state index in [-0.39, 0.29) is 31.1 Å². The zero-order valence-electron chi connectivity index (χ0n) is 20.2. The summed E-state index contributed by atoms with van der Waals surface area (Å²) in [6, 6.07) is 0.633. The molecule has 0 aromatic heterocycles. The van der Waals surface area contributed by atoms with Crippen LogP contribution in [0.2, 0.25) is 6.04 Å². The predicted octanol–water partition coefficient (Wildman–Crippen LogP) is 2.94. The number of nitrogens with zero attached hydrogens (tertiary/aromatic N) is 2. The Kier molecular flexibility index (Phi) is 16.1. The van der Waals surface area contributed by atoms with Gasteiger partial charge < -0.3 is 27.8 Å². The minimum absolute atomic E-state index is 0.0101. The van der Waals surface area contributed by atoms with Crippen LogP contribution in [0.3, 0.4) is 0 Å². The Morgan fingerprint density at radius 1 is 0.800 bits per heavy atom. The van der Waals surface area contributed by atoms with E-state index in [1.165, 1.54) is 0 Å². The third-order valence-electron chi connectivity index (χ3n) is 4.59. The number of rotatable bonds is 18. The van der Waals surface area contributed by atoms with Crippen LogP contribution in [0.5, 0.6) is 0 Å². The summed E-state index contributed by atoms with van der Waals surface area (Å²) in [6.07, 6.45) is 3.39. The van der Waals surface area contributed by atoms with Crippen molar-refractivity contribution < 1.29 is 27.6 Å². The SMILES string of the molecule is CCCN(CCC)C(=O)COCC(=O)N(CCC)CCC[Si](OC)(OC)OC(C)C. The van der Waals surface area contributed by atoms with E-state index < -0.39 is 8.80 Å². The molecule has 0 aliphatic carbocycles. The first-order chi connectivity index (χ1) is 14.3. The average molecular weight is 449 g/mol. The van der Waals surface area contributed by atoms with E-state index in [2.05, 4.69) is 0 Å². The normalized spacial score (nSPS) is 11.7. The molecule has 0 aromatic rings. The van der Waals surface area contributed by atoms with Crippen LogP contribution in [0, 0.1) is 0 Å². The van der Waals surface area contributed by atoms with Crippen LogP contribution >= 0.6 is 0 Å². The lowest BCUT2D eigenvalue weighted by molar-refractivity contribution is -0.142. The molecule has 9 heteroatoms. The maximum atomic E-state index is 12.6. The molecule has 0 aliphatic rings. The van der Waals surface area contributed by atoms with Crippen molar-refractivity contribution in [1.82, 2.24) is 9.80 Å². The van der Waals surface area contributed by atoms with Gasteiger partial charge in [-0.05, 0) is 39.5 Å². The highest BCUT2D eigenvalue weighted by atomic mass is 28.4. The number of hydrogen-bond donors (Lipinski definition) is 0. The predicted molar refractivity (Wildman–Crippen MR) is 120 cm³/mol. The highest BCUT2D eigenvalue weighted by Gasteiger charge is 2.39. The molecule has 8 nitrogen and oxygen atoms in total. The second-order valence-electron chi connectivity index (χ2n) is 7.62. The Bertz CT molecular complexity index is 468. The second-order valence-corrected chi connectivity index (χ2v) is 10.5. The number of amides is 2. The summed E-state index contributed by atoms with van der Waals surface area (Å²) in [6.45, 7) is 12.5. The Morgan fingerprint density at radius 3 is 1.60 bits per heavy atom. The molecule has 0 radical (unpaired) electrons. The van der Waals surface area contributed by atoms with Gasteiger partial charge in [-0.1, -0.05) is 20.8 Å². The molecule has 2 amide bonds. The molecule has 0 aromatic carbocycles. The van der Waals surface area contributed by atoms with Gasteiger partial charge in [-0.15, -0.1) is 0 Å². The fourth-order valence-electron chi connectivity index (χ4n) is 3.23. The van der Waals surface area contributed by atoms with Gasteiger partial charge in [0.05, 0.1) is 0 Å². The van der Waals surface area contributed by atoms with Gasteiger partial charge >= 0.3 is 8.80 Å². The van der Waals surface area contributed by atoms with Gasteiger partial charge in [0.1, 0.15) is 13.2 Å². The number of carbonyl (C=O) groups is 2. The van der Waals surface area contributed by atoms with Crippen molar-refractivity contribution in [2.24, 2.45) is 0 Å². The third kappa shape index (κ3) is 11.4. The molecule has 0 heterocycles. The molecule has 0 saturated heterocycles. The van der Waals surface area contributed by atoms with Crippen molar-refractivity contribution in [3.8, 4) is 0 Å². The van der Waals surface area contributed by atoms with E-state index in [4.69, 9.17) is 18.0 Å². The van der Waals surface area contributed by atoms with E-state index in [0.717, 1.165) is 32.4 Å². The molecule has 0 atom stereocenters. The molecule has 0 rings (SSSR count). The van der Waals surface area contributed by atoms with Crippen molar-refractivity contribution in [3.05, 3.63) is 0 Å². The highest BCUT2D eigenvalue weighted by Crippen LogP contribution is 2.18. The lowest BCUT2D eigenvalue weighted by Crippen LogP contribution is -2.46. The first kappa shape index (κ1) is 29.0. The van der Waals surface area contributed by atoms with Crippen LogP contribution in [-0.4, -0.2) is 90.1 Å². The molecule has 0 aliphatic heterocycles. The third-order valence-corrected chi connectivity index (χ3v) is 7.63. The topological polar surface area (TPSA) is 77.5 Å². The first-order valence-electron chi connectivity index (χ1n) is 11.2. The molecular weight excluding hydrogens is 404 g/mol. The van der Waals surface area contributed by atoms with Crippen LogP contribution in [0.25, 0.3) is 0 Å². The van der Waals surface area contributed by atoms with E-state index in [1.807, 2.05) is 34.6 Å². The quantitative estimate of drug-likeness (QED) is 0.300. The summed E-state index contributed by atoms with van der Waals surface area (Å²) in [7, 11) is 0.500. The lowest BCUT2D eigenvalue weighted by Gasteiger charge is -2.29. The minimum Gasteiger partial charge on any atom is -0.377 e. The molecule has 0 fully saturated rings. The van der Waals surface area contributed by atoms with Crippen LogP contribution in [0.15, 0.2) is 0 Å². The maximum absolute atomic E-state index is 12.6. The Hall–Kier alpha value is -1.00. The van der Waals surface area contributed by atoms with Gasteiger partial charge in [-0.2, -0.15) is 0 Å². The van der Waals surface area contributed by atoms with E-state index in [1.54, 1.807) is 24.0 Å². The van der Waals surface area contributed by atoms with Crippen molar-refractivity contribution in [2.75, 3.05) is 53.6 Å². The fourth-order valence-corrected chi connectivity index (χ4v) is 5.42. The Balaban J connectivity index is 4.60. The summed E-state index contributed by atoms with van der Waals surface area (Å²) < 4.78 is 22.5. The van der Waals surface area contributed by atoms with Crippen molar-refractivity contribution in [2.45, 2.75) is 72.5 Å². The summed E-state index contributed by atoms with van der Waals surface area (Å²) >= 11 is 0. The molecule has 0 N–H and O–H groups in total. The average Bonchev–Trinajstić information content (AvgIpc) is 2.71. The van der Waals surface area contributed by atoms with Gasteiger partial charge in [0, 0.05) is 52.5 Å². The molecular formula is C21H44N2O6Si. The van der Waals surface area contributed by atoms with E-state index in [9.17, 15) is 9.59 Å². The summed E-state index contributed by atoms with van der Waals surface area (Å²) in [5.41, 5.74) is 0. The Labute approximate surface area is 184 Å². The van der Waals surface area contributed by atoms with E-state index in [0.29, 0.717) is 25.6 Å². The first-order valence-corrected chi connectivity index (χ1v) is 13.1. The van der Waals surface area contributed by atoms with Gasteiger partial charge in [-0.25, -0.2) is 0 Å². The zero-order chi connectivity index (χ0) is 23.0. The molecule has 0 saturated carbocycles. The van der Waals surface area contributed by atoms with Crippen LogP contribution in [0.1, 0.15) is 60.3 Å². The number of ether oxygens (including phenoxy) is 1. The standard InChI is InChI=1S/C21H44N2O6Si/c1-8-12-22(13-9-2)20(24)17-28-18-21(25)23(14-10-3)15-11-16-30(26-6,27-7)29-19(4)5/h19H,8-18H2,1-7H3. The summed E-state index contributed by atoms with van der Waals surface area (Å²) in [5, 5.41) is 0. The molecule has 0 spiro atoms. The van der Waals surface area contributed by atoms with Crippen LogP contribution in [0.4, 0.5) is 0 Å². The van der Waals surface area contributed by atoms with Crippen LogP contribution in [-0.2, 0) is 27.6 Å². The smallest absolute Gasteiger partial charge is 0.377 e. The Morgan fingerprint density at radius 2 is 1.23 bits per heavy atom. The molecule has 0 bridgehead atoms. The highest BCUT2D eigenvalue weighted by molar-refractivity contribution is 6.60. The molecule has 178 valence electrons. The van der Waals surface area contributed by atoms with Crippen molar-refractivity contribution in [3.63, 3.8) is 0 Å². The monoisotopic (exact) mass is 448 g/mol. The second kappa shape index (κ2) is 16.7. The zero-order valence-corrected chi connectivity index (χ0v) is 21.2. The van der Waals surface area contributed by atoms with E-state index >= 15 is 0 Å². The summed E-state index contributed by atoms with van der Waals surface area (Å²) in [4.78, 5) is 28.4. The number of hydrogen-bond acceptors (Lipinski definition) is 6. The maximum Gasteiger partial charge on any atom is 0.500 e. The largest absolute Gasteiger partial charge is 0.500 e. The fraction of sp³-hybridized carbons (Fsp3) is 0.905. The number of carbonyl (C=O) groups excluding carboxylic acids is 2. The lowest BCUT2D eigenvalue weighted by atomic mass is 10.3. The van der Waals surface area contributed by atoms with Gasteiger partial charge in [0.15, 0.2) is 0 Å². The van der Waals surface area contributed by atoms with Gasteiger partial charge in [-0.3, -0.25) is 9.59 Å².